The van der Waals surface area contributed by atoms with Gasteiger partial charge in [0.1, 0.15) is 0 Å². The predicted molar refractivity (Wildman–Crippen MR) is 72.3 cm³/mol. The molecule has 5 heteroatoms. The van der Waals surface area contributed by atoms with Crippen molar-refractivity contribution >= 4 is 18.4 Å². The first-order valence-corrected chi connectivity index (χ1v) is 8.61. The first-order chi connectivity index (χ1) is 7.92. The molecule has 0 amide bonds. The molecule has 1 saturated heterocycles. The van der Waals surface area contributed by atoms with Crippen molar-refractivity contribution in [3.05, 3.63) is 54.6 Å². The van der Waals surface area contributed by atoms with Crippen LogP contribution in [0.2, 0.25) is 12.1 Å². The molecule has 0 bridgehead atoms. The van der Waals surface area contributed by atoms with Gasteiger partial charge >= 0.3 is 21.7 Å². The van der Waals surface area contributed by atoms with Crippen molar-refractivity contribution < 1.29 is 58.9 Å². The molecule has 106 valence electrons. The molecular weight excluding hydrogens is 362 g/mol. The third kappa shape index (κ3) is 4.19. The number of halogens is 3. The molecular formula is C15H17Cl3SiTi. The summed E-state index contributed by atoms with van der Waals surface area (Å²) in [4.78, 5) is 0. The van der Waals surface area contributed by atoms with Gasteiger partial charge in [0.2, 0.25) is 0 Å². The normalized spacial score (nSPS) is 15.0. The fourth-order valence-electron chi connectivity index (χ4n) is 3.17. The van der Waals surface area contributed by atoms with E-state index in [0.29, 0.717) is 0 Å². The minimum Gasteiger partial charge on any atom is -1.00 e. The smallest absolute Gasteiger partial charge is 1.00 e. The Morgan fingerprint density at radius 2 is 1.25 bits per heavy atom. The van der Waals surface area contributed by atoms with E-state index >= 15 is 0 Å². The third-order valence-corrected chi connectivity index (χ3v) is 9.29. The Hall–Kier alpha value is 0.371. The Labute approximate surface area is 156 Å². The second kappa shape index (κ2) is 10.2. The van der Waals surface area contributed by atoms with Crippen molar-refractivity contribution in [2.24, 2.45) is 0 Å². The summed E-state index contributed by atoms with van der Waals surface area (Å²) in [7, 11) is -1.33. The molecule has 2 aromatic carbocycles. The van der Waals surface area contributed by atoms with Crippen molar-refractivity contribution in [1.29, 1.82) is 0 Å². The molecule has 1 heterocycles. The summed E-state index contributed by atoms with van der Waals surface area (Å²) < 4.78 is 0. The quantitative estimate of drug-likeness (QED) is 0.360. The molecule has 3 rings (SSSR count). The topological polar surface area (TPSA) is 0 Å². The van der Waals surface area contributed by atoms with E-state index in [4.69, 9.17) is 0 Å². The van der Waals surface area contributed by atoms with Gasteiger partial charge in [-0.05, 0) is 0 Å². The molecule has 20 heavy (non-hydrogen) atoms. The first-order valence-electron chi connectivity index (χ1n) is 6.20. The zero-order chi connectivity index (χ0) is 10.8. The SMILES string of the molecule is [Cl-].[Cl-].[Cl-].[Ti+4].c1ccc([Si]2([c-]3cccc3)CCCC2)cc1. The molecule has 0 spiro atoms. The maximum absolute atomic E-state index is 2.35. The van der Waals surface area contributed by atoms with Gasteiger partial charge in [-0.1, -0.05) is 60.4 Å². The van der Waals surface area contributed by atoms with E-state index in [1.54, 1.807) is 10.4 Å². The Morgan fingerprint density at radius 1 is 0.750 bits per heavy atom. The zero-order valence-corrected chi connectivity index (χ0v) is 16.0. The average molecular weight is 380 g/mol. The van der Waals surface area contributed by atoms with Gasteiger partial charge in [0, 0.05) is 0 Å². The summed E-state index contributed by atoms with van der Waals surface area (Å²) in [5.41, 5.74) is 0. The molecule has 0 unspecified atom stereocenters. The number of hydrogen-bond acceptors (Lipinski definition) is 0. The van der Waals surface area contributed by atoms with E-state index in [0.717, 1.165) is 0 Å². The number of rotatable bonds is 2. The maximum Gasteiger partial charge on any atom is 4.00 e. The summed E-state index contributed by atoms with van der Waals surface area (Å²) in [5.74, 6) is 0. The van der Waals surface area contributed by atoms with Gasteiger partial charge in [0.25, 0.3) is 0 Å². The Morgan fingerprint density at radius 3 is 1.75 bits per heavy atom. The van der Waals surface area contributed by atoms with Crippen molar-refractivity contribution in [3.63, 3.8) is 0 Å². The maximum atomic E-state index is 2.35. The molecule has 0 radical (unpaired) electrons. The van der Waals surface area contributed by atoms with Gasteiger partial charge in [-0.3, -0.25) is 0 Å². The minimum atomic E-state index is -1.33. The van der Waals surface area contributed by atoms with E-state index < -0.39 is 8.07 Å². The third-order valence-electron chi connectivity index (χ3n) is 4.00. The summed E-state index contributed by atoms with van der Waals surface area (Å²) in [6.07, 6.45) is 2.85. The van der Waals surface area contributed by atoms with Crippen LogP contribution < -0.4 is 47.6 Å². The van der Waals surface area contributed by atoms with Crippen LogP contribution in [-0.4, -0.2) is 8.07 Å². The predicted octanol–water partition coefficient (Wildman–Crippen LogP) is -6.23. The Kier molecular flexibility index (Phi) is 11.5. The van der Waals surface area contributed by atoms with Gasteiger partial charge in [-0.15, -0.1) is 0 Å². The van der Waals surface area contributed by atoms with Crippen LogP contribution in [0.25, 0.3) is 0 Å². The Balaban J connectivity index is 0. The summed E-state index contributed by atoms with van der Waals surface area (Å²) >= 11 is 0. The van der Waals surface area contributed by atoms with Crippen LogP contribution in [0.1, 0.15) is 12.8 Å². The monoisotopic (exact) mass is 378 g/mol. The second-order valence-corrected chi connectivity index (χ2v) is 9.15. The van der Waals surface area contributed by atoms with Gasteiger partial charge in [-0.2, -0.15) is 17.3 Å². The van der Waals surface area contributed by atoms with E-state index in [-0.39, 0.29) is 58.9 Å². The molecule has 1 aliphatic rings. The van der Waals surface area contributed by atoms with Gasteiger partial charge < -0.3 is 37.2 Å². The Bertz CT molecular complexity index is 453. The van der Waals surface area contributed by atoms with Crippen LogP contribution in [0.15, 0.2) is 54.6 Å². The van der Waals surface area contributed by atoms with Crippen LogP contribution in [0, 0.1) is 0 Å². The molecule has 2 aromatic rings. The largest absolute Gasteiger partial charge is 4.00 e. The second-order valence-electron chi connectivity index (χ2n) is 4.83. The van der Waals surface area contributed by atoms with Crippen molar-refractivity contribution in [3.8, 4) is 0 Å². The van der Waals surface area contributed by atoms with Crippen LogP contribution in [0.4, 0.5) is 0 Å². The van der Waals surface area contributed by atoms with Crippen molar-refractivity contribution in [2.45, 2.75) is 24.9 Å². The van der Waals surface area contributed by atoms with E-state index in [9.17, 15) is 0 Å². The van der Waals surface area contributed by atoms with E-state index in [1.165, 1.54) is 24.9 Å². The standard InChI is InChI=1S/C15H17Si.3ClH.Ti/c1-2-8-14(9-3-1)16(12-6-7-13-16)15-10-4-5-11-15;;;;/h1-5,8-11H,6-7,12-13H2;3*1H;/q-1;;;;+4/p-3. The minimum absolute atomic E-state index is 0. The van der Waals surface area contributed by atoms with Gasteiger partial charge in [0.15, 0.2) is 0 Å². The molecule has 0 aromatic heterocycles. The van der Waals surface area contributed by atoms with Crippen molar-refractivity contribution in [2.75, 3.05) is 0 Å². The summed E-state index contributed by atoms with van der Waals surface area (Å²) in [6, 6.07) is 23.2. The van der Waals surface area contributed by atoms with E-state index in [2.05, 4.69) is 54.6 Å². The zero-order valence-electron chi connectivity index (χ0n) is 11.2. The van der Waals surface area contributed by atoms with Crippen LogP contribution in [0.3, 0.4) is 0 Å². The molecule has 0 atom stereocenters. The van der Waals surface area contributed by atoms with E-state index in [1.807, 2.05) is 0 Å². The van der Waals surface area contributed by atoms with Gasteiger partial charge in [-0.25, -0.2) is 12.1 Å². The van der Waals surface area contributed by atoms with Crippen LogP contribution in [0.5, 0.6) is 0 Å². The molecule has 0 N–H and O–H groups in total. The molecule has 0 nitrogen and oxygen atoms in total. The number of benzene rings is 1. The molecule has 0 aliphatic carbocycles. The summed E-state index contributed by atoms with van der Waals surface area (Å²) in [5, 5.41) is 3.29. The fraction of sp³-hybridized carbons (Fsp3) is 0.267. The molecule has 0 saturated carbocycles. The summed E-state index contributed by atoms with van der Waals surface area (Å²) in [6.45, 7) is 0. The first kappa shape index (κ1) is 22.6. The average Bonchev–Trinajstić information content (AvgIpc) is 3.02. The molecule has 1 aliphatic heterocycles. The fourth-order valence-corrected chi connectivity index (χ4v) is 8.28. The van der Waals surface area contributed by atoms with Crippen LogP contribution >= 0.6 is 0 Å². The molecule has 1 fully saturated rings. The van der Waals surface area contributed by atoms with Gasteiger partial charge in [0.05, 0.1) is 8.07 Å². The van der Waals surface area contributed by atoms with Crippen LogP contribution in [-0.2, 0) is 21.7 Å². The van der Waals surface area contributed by atoms with Crippen molar-refractivity contribution in [1.82, 2.24) is 0 Å². The number of hydrogen-bond donors (Lipinski definition) is 0.